The van der Waals surface area contributed by atoms with Crippen LogP contribution in [0.3, 0.4) is 0 Å². The molecule has 1 heteroatoms. The lowest BCUT2D eigenvalue weighted by Gasteiger charge is -2.24. The highest BCUT2D eigenvalue weighted by molar-refractivity contribution is 5.36. The molecule has 18 heavy (non-hydrogen) atoms. The number of hydrogen-bond donors (Lipinski definition) is 1. The molecule has 2 aliphatic rings. The third kappa shape index (κ3) is 2.67. The van der Waals surface area contributed by atoms with Gasteiger partial charge in [-0.3, -0.25) is 0 Å². The molecule has 1 heterocycles. The smallest absolute Gasteiger partial charge is 0.00234 e. The van der Waals surface area contributed by atoms with Gasteiger partial charge in [0.15, 0.2) is 0 Å². The molecule has 1 aliphatic carbocycles. The average Bonchev–Trinajstić information content (AvgIpc) is 2.68. The lowest BCUT2D eigenvalue weighted by molar-refractivity contribution is 0.623. The molecule has 1 aromatic rings. The van der Waals surface area contributed by atoms with Gasteiger partial charge in [0.1, 0.15) is 0 Å². The second-order valence-corrected chi connectivity index (χ2v) is 5.63. The Balaban J connectivity index is 1.82. The van der Waals surface area contributed by atoms with Crippen LogP contribution in [0, 0.1) is 0 Å². The van der Waals surface area contributed by atoms with Gasteiger partial charge in [0.25, 0.3) is 0 Å². The van der Waals surface area contributed by atoms with Crippen molar-refractivity contribution in [1.29, 1.82) is 0 Å². The lowest BCUT2D eigenvalue weighted by atomic mass is 9.81. The summed E-state index contributed by atoms with van der Waals surface area (Å²) in [5.74, 6) is 0.683. The van der Waals surface area contributed by atoms with Gasteiger partial charge in [-0.2, -0.15) is 0 Å². The predicted octanol–water partition coefficient (Wildman–Crippen LogP) is 3.81. The number of fused-ring (bicyclic) bond motifs is 1. The molecule has 1 unspecified atom stereocenters. The quantitative estimate of drug-likeness (QED) is 0.737. The molecule has 1 saturated heterocycles. The molecular formula is C17H23N. The first kappa shape index (κ1) is 12.0. The minimum Gasteiger partial charge on any atom is -0.316 e. The summed E-state index contributed by atoms with van der Waals surface area (Å²) in [7, 11) is 0. The van der Waals surface area contributed by atoms with Gasteiger partial charge >= 0.3 is 0 Å². The first-order chi connectivity index (χ1) is 8.93. The van der Waals surface area contributed by atoms with Gasteiger partial charge in [-0.25, -0.2) is 0 Å². The number of benzene rings is 1. The normalized spacial score (nSPS) is 26.7. The monoisotopic (exact) mass is 241 g/mol. The lowest BCUT2D eigenvalue weighted by Crippen LogP contribution is -2.13. The molecule has 0 aromatic heterocycles. The first-order valence-corrected chi connectivity index (χ1v) is 7.41. The van der Waals surface area contributed by atoms with E-state index in [-0.39, 0.29) is 0 Å². The minimum absolute atomic E-state index is 0.683. The zero-order valence-electron chi connectivity index (χ0n) is 11.1. The van der Waals surface area contributed by atoms with Crippen LogP contribution in [0.2, 0.25) is 0 Å². The average molecular weight is 241 g/mol. The number of allylic oxidation sites excluding steroid dienone is 1. The van der Waals surface area contributed by atoms with Gasteiger partial charge in [0.2, 0.25) is 0 Å². The molecule has 3 rings (SSSR count). The van der Waals surface area contributed by atoms with Crippen molar-refractivity contribution in [3.63, 3.8) is 0 Å². The van der Waals surface area contributed by atoms with E-state index in [4.69, 9.17) is 0 Å². The van der Waals surface area contributed by atoms with E-state index >= 15 is 0 Å². The van der Waals surface area contributed by atoms with Crippen molar-refractivity contribution < 1.29 is 0 Å². The van der Waals surface area contributed by atoms with E-state index in [2.05, 4.69) is 35.7 Å². The van der Waals surface area contributed by atoms with E-state index in [0.717, 1.165) is 0 Å². The zero-order valence-corrected chi connectivity index (χ0v) is 11.1. The van der Waals surface area contributed by atoms with Crippen LogP contribution in [0.4, 0.5) is 0 Å². The molecule has 1 aromatic carbocycles. The largest absolute Gasteiger partial charge is 0.316 e. The Labute approximate surface area is 110 Å². The summed E-state index contributed by atoms with van der Waals surface area (Å²) < 4.78 is 0. The summed E-state index contributed by atoms with van der Waals surface area (Å²) >= 11 is 0. The SMILES string of the molecule is C(=C1\CCCNCC1)/C1CCCc2ccccc21. The maximum atomic E-state index is 3.49. The Morgan fingerprint density at radius 1 is 1.00 bits per heavy atom. The third-order valence-electron chi connectivity index (χ3n) is 4.33. The van der Waals surface area contributed by atoms with E-state index in [1.165, 1.54) is 51.6 Å². The third-order valence-corrected chi connectivity index (χ3v) is 4.33. The number of aryl methyl sites for hydroxylation is 1. The standard InChI is InChI=1S/C17H23N/c1-2-9-17-15(6-1)7-3-8-16(17)13-14-5-4-11-18-12-10-14/h1-2,6,9,13,16,18H,3-5,7-8,10-12H2/b14-13-. The van der Waals surface area contributed by atoms with E-state index < -0.39 is 0 Å². The maximum absolute atomic E-state index is 3.49. The van der Waals surface area contributed by atoms with Crippen molar-refractivity contribution in [2.75, 3.05) is 13.1 Å². The highest BCUT2D eigenvalue weighted by atomic mass is 14.8. The Kier molecular flexibility index (Phi) is 3.80. The van der Waals surface area contributed by atoms with Gasteiger partial charge in [0.05, 0.1) is 0 Å². The van der Waals surface area contributed by atoms with E-state index in [9.17, 15) is 0 Å². The van der Waals surface area contributed by atoms with Gasteiger partial charge in [-0.1, -0.05) is 35.9 Å². The van der Waals surface area contributed by atoms with E-state index in [0.29, 0.717) is 5.92 Å². The van der Waals surface area contributed by atoms with Crippen LogP contribution in [0.5, 0.6) is 0 Å². The Bertz CT molecular complexity index is 423. The van der Waals surface area contributed by atoms with Crippen LogP contribution in [0.25, 0.3) is 0 Å². The van der Waals surface area contributed by atoms with Crippen LogP contribution in [0.15, 0.2) is 35.9 Å². The number of rotatable bonds is 1. The van der Waals surface area contributed by atoms with Gasteiger partial charge in [-0.05, 0) is 62.7 Å². The minimum atomic E-state index is 0.683. The van der Waals surface area contributed by atoms with Crippen LogP contribution in [-0.2, 0) is 6.42 Å². The van der Waals surface area contributed by atoms with Crippen LogP contribution < -0.4 is 5.32 Å². The summed E-state index contributed by atoms with van der Waals surface area (Å²) in [6.07, 6.45) is 10.4. The molecule has 0 saturated carbocycles. The zero-order chi connectivity index (χ0) is 12.2. The summed E-state index contributed by atoms with van der Waals surface area (Å²) in [5, 5.41) is 3.49. The first-order valence-electron chi connectivity index (χ1n) is 7.41. The van der Waals surface area contributed by atoms with E-state index in [1.807, 2.05) is 0 Å². The second kappa shape index (κ2) is 5.71. The molecule has 0 amide bonds. The van der Waals surface area contributed by atoms with E-state index in [1.54, 1.807) is 16.7 Å². The van der Waals surface area contributed by atoms with Crippen molar-refractivity contribution in [2.45, 2.75) is 44.4 Å². The Morgan fingerprint density at radius 2 is 1.94 bits per heavy atom. The molecule has 1 aliphatic heterocycles. The summed E-state index contributed by atoms with van der Waals surface area (Å²) in [4.78, 5) is 0. The molecule has 0 radical (unpaired) electrons. The highest BCUT2D eigenvalue weighted by Crippen LogP contribution is 2.34. The second-order valence-electron chi connectivity index (χ2n) is 5.63. The van der Waals surface area contributed by atoms with Crippen molar-refractivity contribution in [1.82, 2.24) is 5.32 Å². The van der Waals surface area contributed by atoms with Crippen molar-refractivity contribution in [3.8, 4) is 0 Å². The summed E-state index contributed by atoms with van der Waals surface area (Å²) in [6.45, 7) is 2.36. The molecule has 96 valence electrons. The fourth-order valence-corrected chi connectivity index (χ4v) is 3.36. The summed E-state index contributed by atoms with van der Waals surface area (Å²) in [6, 6.07) is 9.04. The molecule has 0 spiro atoms. The topological polar surface area (TPSA) is 12.0 Å². The fourth-order valence-electron chi connectivity index (χ4n) is 3.36. The van der Waals surface area contributed by atoms with Crippen LogP contribution >= 0.6 is 0 Å². The van der Waals surface area contributed by atoms with Crippen molar-refractivity contribution in [2.24, 2.45) is 0 Å². The van der Waals surface area contributed by atoms with Crippen molar-refractivity contribution >= 4 is 0 Å². The maximum Gasteiger partial charge on any atom is 0.00234 e. The predicted molar refractivity (Wildman–Crippen MR) is 76.9 cm³/mol. The fraction of sp³-hybridized carbons (Fsp3) is 0.529. The van der Waals surface area contributed by atoms with Gasteiger partial charge < -0.3 is 5.32 Å². The Hall–Kier alpha value is -1.08. The molecule has 1 atom stereocenters. The molecule has 0 bridgehead atoms. The Morgan fingerprint density at radius 3 is 2.94 bits per heavy atom. The molecule has 1 N–H and O–H groups in total. The van der Waals surface area contributed by atoms with Gasteiger partial charge in [0, 0.05) is 5.92 Å². The number of nitrogens with one attached hydrogen (secondary N) is 1. The van der Waals surface area contributed by atoms with Gasteiger partial charge in [-0.15, -0.1) is 0 Å². The highest BCUT2D eigenvalue weighted by Gasteiger charge is 2.18. The number of hydrogen-bond acceptors (Lipinski definition) is 1. The van der Waals surface area contributed by atoms with Crippen LogP contribution in [0.1, 0.15) is 49.1 Å². The molecular weight excluding hydrogens is 218 g/mol. The molecule has 1 nitrogen and oxygen atoms in total. The van der Waals surface area contributed by atoms with Crippen molar-refractivity contribution in [3.05, 3.63) is 47.0 Å². The van der Waals surface area contributed by atoms with Crippen LogP contribution in [-0.4, -0.2) is 13.1 Å². The summed E-state index contributed by atoms with van der Waals surface area (Å²) in [5.41, 5.74) is 4.85. The molecule has 1 fully saturated rings.